The molecule has 0 fully saturated rings. The third kappa shape index (κ3) is 61.7. The van der Waals surface area contributed by atoms with Crippen molar-refractivity contribution >= 4 is 17.9 Å². The van der Waals surface area contributed by atoms with Crippen LogP contribution in [0.2, 0.25) is 0 Å². The summed E-state index contributed by atoms with van der Waals surface area (Å²) < 4.78 is 16.7. The first kappa shape index (κ1) is 72.8. The summed E-state index contributed by atoms with van der Waals surface area (Å²) in [4.78, 5) is 37.9. The summed E-state index contributed by atoms with van der Waals surface area (Å²) in [6.07, 6.45) is 84.2. The lowest BCUT2D eigenvalue weighted by atomic mass is 10.0. The Morgan fingerprint density at radius 3 is 0.803 bits per heavy atom. The second-order valence-electron chi connectivity index (χ2n) is 22.0. The predicted molar refractivity (Wildman–Crippen MR) is 330 cm³/mol. The van der Waals surface area contributed by atoms with Crippen LogP contribution in [0.25, 0.3) is 0 Å². The van der Waals surface area contributed by atoms with Crippen LogP contribution in [-0.4, -0.2) is 37.2 Å². The van der Waals surface area contributed by atoms with Gasteiger partial charge in [-0.3, -0.25) is 14.4 Å². The second kappa shape index (κ2) is 64.4. The molecule has 0 aliphatic heterocycles. The van der Waals surface area contributed by atoms with Gasteiger partial charge in [0.15, 0.2) is 6.10 Å². The van der Waals surface area contributed by atoms with E-state index in [4.69, 9.17) is 14.2 Å². The standard InChI is InChI=1S/C70H124O6/c1-4-7-10-13-15-17-19-21-23-25-27-29-30-31-32-33-34-35-36-37-38-39-41-42-44-46-48-50-52-54-57-60-63-69(72)75-66-67(65-74-68(71)62-59-56-12-9-6-3)76-70(73)64-61-58-55-53-51-49-47-45-43-40-28-26-24-22-20-18-16-14-11-8-5-2/h8,11,16,18,22,24,28,40,45,47,51,53,67H,4-7,9-10,12-15,17,19-21,23,25-27,29-39,41-44,46,48-50,52,54-66H2,1-3H3/b11-8-,18-16-,24-22-,40-28-,47-45-,53-51-. The lowest BCUT2D eigenvalue weighted by Crippen LogP contribution is -2.30. The fourth-order valence-corrected chi connectivity index (χ4v) is 9.57. The smallest absolute Gasteiger partial charge is 0.306 e. The van der Waals surface area contributed by atoms with Crippen LogP contribution < -0.4 is 0 Å². The summed E-state index contributed by atoms with van der Waals surface area (Å²) in [6.45, 7) is 6.44. The van der Waals surface area contributed by atoms with Gasteiger partial charge in [0.05, 0.1) is 0 Å². The van der Waals surface area contributed by atoms with Crippen LogP contribution in [0.5, 0.6) is 0 Å². The summed E-state index contributed by atoms with van der Waals surface area (Å²) in [7, 11) is 0. The maximum Gasteiger partial charge on any atom is 0.306 e. The van der Waals surface area contributed by atoms with E-state index in [1.54, 1.807) is 0 Å². The van der Waals surface area contributed by atoms with E-state index < -0.39 is 6.10 Å². The fourth-order valence-electron chi connectivity index (χ4n) is 9.57. The SMILES string of the molecule is CC/C=C\C/C=C\C/C=C\C/C=C\C/C=C\C/C=C\CCCCC(=O)OC(COC(=O)CCCCCCC)COC(=O)CCCCCCCCCCCCCCCCCCCCCCCCCCCCCCCCCC. The molecule has 6 nitrogen and oxygen atoms in total. The number of unbranched alkanes of at least 4 members (excludes halogenated alkanes) is 37. The summed E-state index contributed by atoms with van der Waals surface area (Å²) in [5.41, 5.74) is 0. The fraction of sp³-hybridized carbons (Fsp3) is 0.786. The topological polar surface area (TPSA) is 78.9 Å². The van der Waals surface area contributed by atoms with E-state index in [1.165, 1.54) is 193 Å². The average molecular weight is 1060 g/mol. The van der Waals surface area contributed by atoms with Crippen molar-refractivity contribution in [3.8, 4) is 0 Å². The molecule has 440 valence electrons. The maximum absolute atomic E-state index is 12.8. The zero-order chi connectivity index (χ0) is 55.0. The highest BCUT2D eigenvalue weighted by Crippen LogP contribution is 2.18. The number of carbonyl (C=O) groups excluding carboxylic acids is 3. The van der Waals surface area contributed by atoms with Gasteiger partial charge >= 0.3 is 17.9 Å². The molecule has 0 saturated heterocycles. The lowest BCUT2D eigenvalue weighted by Gasteiger charge is -2.18. The third-order valence-corrected chi connectivity index (χ3v) is 14.5. The first-order chi connectivity index (χ1) is 37.5. The Balaban J connectivity index is 3.99. The minimum Gasteiger partial charge on any atom is -0.462 e. The third-order valence-electron chi connectivity index (χ3n) is 14.5. The molecule has 76 heavy (non-hydrogen) atoms. The number of ether oxygens (including phenoxy) is 3. The maximum atomic E-state index is 12.8. The van der Waals surface area contributed by atoms with E-state index in [0.717, 1.165) is 96.3 Å². The predicted octanol–water partition coefficient (Wildman–Crippen LogP) is 22.5. The highest BCUT2D eigenvalue weighted by molar-refractivity contribution is 5.71. The molecule has 1 unspecified atom stereocenters. The monoisotopic (exact) mass is 1060 g/mol. The van der Waals surface area contributed by atoms with Gasteiger partial charge in [0.1, 0.15) is 13.2 Å². The van der Waals surface area contributed by atoms with Gasteiger partial charge in [0.25, 0.3) is 0 Å². The van der Waals surface area contributed by atoms with E-state index in [1.807, 2.05) is 0 Å². The number of allylic oxidation sites excluding steroid dienone is 12. The zero-order valence-corrected chi connectivity index (χ0v) is 50.5. The Kier molecular flexibility index (Phi) is 61.7. The first-order valence-electron chi connectivity index (χ1n) is 32.9. The van der Waals surface area contributed by atoms with E-state index >= 15 is 0 Å². The molecule has 0 aromatic carbocycles. The second-order valence-corrected chi connectivity index (χ2v) is 22.0. The van der Waals surface area contributed by atoms with Gasteiger partial charge in [0.2, 0.25) is 0 Å². The highest BCUT2D eigenvalue weighted by atomic mass is 16.6. The summed E-state index contributed by atoms with van der Waals surface area (Å²) in [5, 5.41) is 0. The van der Waals surface area contributed by atoms with Crippen molar-refractivity contribution in [1.82, 2.24) is 0 Å². The van der Waals surface area contributed by atoms with Gasteiger partial charge in [-0.2, -0.15) is 0 Å². The molecule has 0 radical (unpaired) electrons. The molecule has 0 aliphatic carbocycles. The molecule has 0 saturated carbocycles. The van der Waals surface area contributed by atoms with Gasteiger partial charge in [-0.05, 0) is 70.6 Å². The molecule has 1 atom stereocenters. The van der Waals surface area contributed by atoms with Crippen LogP contribution in [0.1, 0.15) is 335 Å². The molecular weight excluding hydrogens is 937 g/mol. The molecule has 0 aromatic heterocycles. The van der Waals surface area contributed by atoms with Crippen LogP contribution in [0.3, 0.4) is 0 Å². The van der Waals surface area contributed by atoms with Crippen LogP contribution in [0.15, 0.2) is 72.9 Å². The van der Waals surface area contributed by atoms with E-state index in [-0.39, 0.29) is 37.5 Å². The Hall–Kier alpha value is -3.15. The van der Waals surface area contributed by atoms with Crippen molar-refractivity contribution in [2.75, 3.05) is 13.2 Å². The van der Waals surface area contributed by atoms with E-state index in [2.05, 4.69) is 93.7 Å². The molecule has 0 heterocycles. The van der Waals surface area contributed by atoms with Crippen molar-refractivity contribution in [2.45, 2.75) is 341 Å². The van der Waals surface area contributed by atoms with Crippen molar-refractivity contribution in [3.05, 3.63) is 72.9 Å². The number of esters is 3. The van der Waals surface area contributed by atoms with Crippen molar-refractivity contribution < 1.29 is 28.6 Å². The Morgan fingerprint density at radius 2 is 0.513 bits per heavy atom. The Morgan fingerprint density at radius 1 is 0.276 bits per heavy atom. The molecule has 0 aliphatic rings. The molecule has 0 spiro atoms. The van der Waals surface area contributed by atoms with Crippen molar-refractivity contribution in [3.63, 3.8) is 0 Å². The van der Waals surface area contributed by atoms with Gasteiger partial charge in [0, 0.05) is 19.3 Å². The van der Waals surface area contributed by atoms with Gasteiger partial charge in [-0.15, -0.1) is 0 Å². The number of carbonyl (C=O) groups is 3. The van der Waals surface area contributed by atoms with Gasteiger partial charge in [-0.1, -0.05) is 318 Å². The first-order valence-corrected chi connectivity index (χ1v) is 32.9. The van der Waals surface area contributed by atoms with E-state index in [9.17, 15) is 14.4 Å². The molecule has 0 aromatic rings. The molecular formula is C70H124O6. The molecule has 0 bridgehead atoms. The van der Waals surface area contributed by atoms with Crippen LogP contribution >= 0.6 is 0 Å². The van der Waals surface area contributed by atoms with E-state index in [0.29, 0.717) is 19.3 Å². The molecule has 0 N–H and O–H groups in total. The molecule has 0 amide bonds. The van der Waals surface area contributed by atoms with Crippen LogP contribution in [-0.2, 0) is 28.6 Å². The number of hydrogen-bond acceptors (Lipinski definition) is 6. The lowest BCUT2D eigenvalue weighted by molar-refractivity contribution is -0.167. The number of hydrogen-bond donors (Lipinski definition) is 0. The highest BCUT2D eigenvalue weighted by Gasteiger charge is 2.19. The summed E-state index contributed by atoms with van der Waals surface area (Å²) >= 11 is 0. The molecule has 0 rings (SSSR count). The largest absolute Gasteiger partial charge is 0.462 e. The average Bonchev–Trinajstić information content (AvgIpc) is 3.42. The minimum absolute atomic E-state index is 0.0908. The summed E-state index contributed by atoms with van der Waals surface area (Å²) in [5.74, 6) is -0.937. The van der Waals surface area contributed by atoms with Crippen molar-refractivity contribution in [2.24, 2.45) is 0 Å². The number of rotatable bonds is 60. The summed E-state index contributed by atoms with van der Waals surface area (Å²) in [6, 6.07) is 0. The van der Waals surface area contributed by atoms with Crippen LogP contribution in [0.4, 0.5) is 0 Å². The quantitative estimate of drug-likeness (QED) is 0.0261. The normalized spacial score (nSPS) is 12.5. The van der Waals surface area contributed by atoms with Crippen molar-refractivity contribution in [1.29, 1.82) is 0 Å². The zero-order valence-electron chi connectivity index (χ0n) is 50.5. The van der Waals surface area contributed by atoms with Crippen LogP contribution in [0, 0.1) is 0 Å². The Labute approximate surface area is 472 Å². The Bertz CT molecular complexity index is 1400. The van der Waals surface area contributed by atoms with Gasteiger partial charge < -0.3 is 14.2 Å². The molecule has 6 heteroatoms. The minimum atomic E-state index is -0.794. The van der Waals surface area contributed by atoms with Gasteiger partial charge in [-0.25, -0.2) is 0 Å².